The number of rotatable bonds is 8. The van der Waals surface area contributed by atoms with Crippen LogP contribution in [0.2, 0.25) is 0 Å². The van der Waals surface area contributed by atoms with Gasteiger partial charge >= 0.3 is 0 Å². The average Bonchev–Trinajstić information content (AvgIpc) is 3.11. The number of amides is 2. The van der Waals surface area contributed by atoms with E-state index in [1.807, 2.05) is 12.3 Å². The van der Waals surface area contributed by atoms with Crippen molar-refractivity contribution >= 4 is 92.8 Å². The van der Waals surface area contributed by atoms with Crippen LogP contribution in [0.4, 0.5) is 0 Å². The van der Waals surface area contributed by atoms with Gasteiger partial charge in [0, 0.05) is 36.9 Å². The Morgan fingerprint density at radius 2 is 1.66 bits per heavy atom. The molecule has 1 aromatic rings. The number of likely N-dealkylation sites (N-methyl/N-ethyl adjacent to an activating group) is 1. The van der Waals surface area contributed by atoms with E-state index in [0.29, 0.717) is 0 Å². The van der Waals surface area contributed by atoms with Crippen LogP contribution in [-0.2, 0) is 9.59 Å². The van der Waals surface area contributed by atoms with Crippen molar-refractivity contribution in [2.45, 2.75) is 53.3 Å². The Morgan fingerprint density at radius 3 is 2.10 bits per heavy atom. The van der Waals surface area contributed by atoms with Gasteiger partial charge in [-0.25, -0.2) is 4.98 Å². The number of aromatic nitrogens is 1. The summed E-state index contributed by atoms with van der Waals surface area (Å²) >= 11 is 36.9. The molecule has 29 heavy (non-hydrogen) atoms. The lowest BCUT2D eigenvalue weighted by molar-refractivity contribution is -0.137. The van der Waals surface area contributed by atoms with Gasteiger partial charge in [0.15, 0.2) is 7.59 Å². The van der Waals surface area contributed by atoms with Crippen molar-refractivity contribution in [3.63, 3.8) is 0 Å². The number of hydrogen-bond acceptors (Lipinski definition) is 4. The second-order valence-electron chi connectivity index (χ2n) is 6.94. The Morgan fingerprint density at radius 1 is 1.10 bits per heavy atom. The van der Waals surface area contributed by atoms with E-state index in [9.17, 15) is 9.59 Å². The first-order chi connectivity index (χ1) is 13.1. The smallest absolute Gasteiger partial charge is 0.245 e. The predicted octanol–water partition coefficient (Wildman–Crippen LogP) is 5.94. The highest BCUT2D eigenvalue weighted by atomic mass is 35.6. The summed E-state index contributed by atoms with van der Waals surface area (Å²) in [6, 6.07) is -1.20. The summed E-state index contributed by atoms with van der Waals surface area (Å²) in [4.78, 5) is 31.4. The second kappa shape index (κ2) is 11.3. The van der Waals surface area contributed by atoms with E-state index in [1.165, 1.54) is 16.2 Å². The maximum atomic E-state index is 13.1. The van der Waals surface area contributed by atoms with Crippen LogP contribution in [0.25, 0.3) is 0 Å². The molecule has 0 spiro atoms. The molecule has 2 amide bonds. The van der Waals surface area contributed by atoms with Crippen LogP contribution in [0, 0.1) is 11.8 Å². The Hall–Kier alpha value is 0.310. The van der Waals surface area contributed by atoms with Crippen LogP contribution in [0.5, 0.6) is 0 Å². The summed E-state index contributed by atoms with van der Waals surface area (Å²) in [6.07, 6.45) is 1.71. The highest BCUT2D eigenvalue weighted by Crippen LogP contribution is 2.38. The number of carbonyl (C=O) groups excluding carboxylic acids is 2. The number of nitrogens with zero attached hydrogens (tertiary/aromatic N) is 2. The molecule has 4 atom stereocenters. The second-order valence-corrected chi connectivity index (χ2v) is 12.6. The van der Waals surface area contributed by atoms with E-state index in [0.717, 1.165) is 5.01 Å². The molecule has 0 aromatic carbocycles. The molecule has 0 bridgehead atoms. The van der Waals surface area contributed by atoms with Crippen molar-refractivity contribution in [2.75, 3.05) is 7.05 Å². The third kappa shape index (κ3) is 8.76. The van der Waals surface area contributed by atoms with Crippen LogP contribution < -0.4 is 5.32 Å². The van der Waals surface area contributed by atoms with E-state index in [2.05, 4.69) is 10.3 Å². The van der Waals surface area contributed by atoms with Gasteiger partial charge in [-0.3, -0.25) is 9.59 Å². The number of hydrogen-bond donors (Lipinski definition) is 1. The van der Waals surface area contributed by atoms with E-state index < -0.39 is 31.4 Å². The van der Waals surface area contributed by atoms with Gasteiger partial charge < -0.3 is 10.2 Å². The molecule has 0 fully saturated rings. The molecule has 12 heteroatoms. The largest absolute Gasteiger partial charge is 0.344 e. The molecule has 1 heterocycles. The number of halogens is 6. The van der Waals surface area contributed by atoms with Gasteiger partial charge in [0.1, 0.15) is 11.0 Å². The fourth-order valence-corrected chi connectivity index (χ4v) is 3.64. The van der Waals surface area contributed by atoms with Crippen LogP contribution in [0.3, 0.4) is 0 Å². The minimum absolute atomic E-state index is 0.0752. The van der Waals surface area contributed by atoms with Crippen molar-refractivity contribution in [3.05, 3.63) is 16.6 Å². The zero-order valence-electron chi connectivity index (χ0n) is 16.3. The SMILES string of the molecule is C[C@@H](c1nccs1)N(C)C(=O)[C@H](C[C@H](C)C(Cl)(Cl)Cl)NC(=O)C[C@H](C)C(Cl)(Cl)Cl. The molecule has 1 N–H and O–H groups in total. The lowest BCUT2D eigenvalue weighted by atomic mass is 10.0. The number of alkyl halides is 6. The normalized spacial score (nSPS) is 16.6. The molecule has 5 nitrogen and oxygen atoms in total. The highest BCUT2D eigenvalue weighted by molar-refractivity contribution is 7.09. The third-order valence-electron chi connectivity index (χ3n) is 4.57. The van der Waals surface area contributed by atoms with Gasteiger partial charge in [0.2, 0.25) is 11.8 Å². The minimum atomic E-state index is -1.60. The van der Waals surface area contributed by atoms with Gasteiger partial charge in [-0.2, -0.15) is 0 Å². The van der Waals surface area contributed by atoms with Crippen molar-refractivity contribution in [1.29, 1.82) is 0 Å². The molecular formula is C17H23Cl6N3O2S. The summed E-state index contributed by atoms with van der Waals surface area (Å²) in [7, 11) is 1.64. The first-order valence-electron chi connectivity index (χ1n) is 8.73. The van der Waals surface area contributed by atoms with Gasteiger partial charge in [0.05, 0.1) is 6.04 Å². The molecule has 0 radical (unpaired) electrons. The first-order valence-corrected chi connectivity index (χ1v) is 11.9. The van der Waals surface area contributed by atoms with Crippen LogP contribution in [-0.4, -0.2) is 42.4 Å². The topological polar surface area (TPSA) is 62.3 Å². The number of carbonyl (C=O) groups is 2. The Kier molecular flexibility index (Phi) is 10.6. The van der Waals surface area contributed by atoms with E-state index >= 15 is 0 Å². The van der Waals surface area contributed by atoms with Crippen molar-refractivity contribution in [2.24, 2.45) is 11.8 Å². The monoisotopic (exact) mass is 543 g/mol. The molecule has 1 aromatic heterocycles. The van der Waals surface area contributed by atoms with E-state index in [4.69, 9.17) is 69.6 Å². The summed E-state index contributed by atoms with van der Waals surface area (Å²) in [5.74, 6) is -1.82. The molecule has 0 saturated heterocycles. The molecule has 0 aliphatic carbocycles. The molecule has 1 rings (SSSR count). The fraction of sp³-hybridized carbons (Fsp3) is 0.706. The molecule has 166 valence electrons. The van der Waals surface area contributed by atoms with E-state index in [-0.39, 0.29) is 24.8 Å². The zero-order chi connectivity index (χ0) is 22.6. The lowest BCUT2D eigenvalue weighted by Crippen LogP contribution is -2.49. The lowest BCUT2D eigenvalue weighted by Gasteiger charge is -2.31. The van der Waals surface area contributed by atoms with Gasteiger partial charge in [-0.15, -0.1) is 11.3 Å². The molecule has 0 aliphatic rings. The molecule has 0 aliphatic heterocycles. The Labute approximate surface area is 205 Å². The quantitative estimate of drug-likeness (QED) is 0.411. The third-order valence-corrected chi connectivity index (χ3v) is 7.75. The Balaban J connectivity index is 2.97. The molecular weight excluding hydrogens is 523 g/mol. The summed E-state index contributed by atoms with van der Waals surface area (Å²) in [6.45, 7) is 5.16. The van der Waals surface area contributed by atoms with Gasteiger partial charge in [-0.1, -0.05) is 83.5 Å². The van der Waals surface area contributed by atoms with Crippen molar-refractivity contribution in [1.82, 2.24) is 15.2 Å². The molecule has 0 unspecified atom stereocenters. The summed E-state index contributed by atoms with van der Waals surface area (Å²) in [5, 5.41) is 5.30. The minimum Gasteiger partial charge on any atom is -0.344 e. The number of nitrogens with one attached hydrogen (secondary N) is 1. The molecule has 0 saturated carbocycles. The van der Waals surface area contributed by atoms with E-state index in [1.54, 1.807) is 27.1 Å². The zero-order valence-corrected chi connectivity index (χ0v) is 21.6. The maximum Gasteiger partial charge on any atom is 0.245 e. The van der Waals surface area contributed by atoms with Crippen molar-refractivity contribution in [3.8, 4) is 0 Å². The van der Waals surface area contributed by atoms with Gasteiger partial charge in [-0.05, 0) is 13.3 Å². The summed E-state index contributed by atoms with van der Waals surface area (Å²) in [5.41, 5.74) is 0. The maximum absolute atomic E-state index is 13.1. The predicted molar refractivity (Wildman–Crippen MR) is 123 cm³/mol. The first kappa shape index (κ1) is 27.3. The van der Waals surface area contributed by atoms with Crippen molar-refractivity contribution < 1.29 is 9.59 Å². The average molecular weight is 546 g/mol. The highest BCUT2D eigenvalue weighted by Gasteiger charge is 2.37. The standard InChI is InChI=1S/C17H23Cl6N3O2S/c1-9(16(18,19)20)7-12(25-13(27)8-10(2)17(21,22)23)15(28)26(4)11(3)14-24-5-6-29-14/h5-6,9-12H,7-8H2,1-4H3,(H,25,27)/t9-,10-,11-,12-/m0/s1. The Bertz CT molecular complexity index is 678. The summed E-state index contributed by atoms with van der Waals surface area (Å²) < 4.78 is -3.19. The fourth-order valence-electron chi connectivity index (χ4n) is 2.40. The van der Waals surface area contributed by atoms with Gasteiger partial charge in [0.25, 0.3) is 0 Å². The van der Waals surface area contributed by atoms with Crippen LogP contribution in [0.15, 0.2) is 11.6 Å². The number of thiazole rings is 1. The van der Waals surface area contributed by atoms with Crippen LogP contribution >= 0.6 is 80.9 Å². The van der Waals surface area contributed by atoms with Crippen LogP contribution in [0.1, 0.15) is 44.7 Å².